The molecule has 0 bridgehead atoms. The van der Waals surface area contributed by atoms with Gasteiger partial charge in [-0.05, 0) is 18.2 Å². The number of hydrogen-bond donors (Lipinski definition) is 0. The second-order valence-electron chi connectivity index (χ2n) is 5.94. The summed E-state index contributed by atoms with van der Waals surface area (Å²) in [5, 5.41) is 4.68. The molecule has 8 heteroatoms. The molecule has 26 heavy (non-hydrogen) atoms. The maximum atomic E-state index is 12.7. The maximum Gasteiger partial charge on any atom is 0.255 e. The topological polar surface area (TPSA) is 67.2 Å². The zero-order valence-corrected chi connectivity index (χ0v) is 14.8. The molecular weight excluding hydrogens is 352 g/mol. The SMILES string of the molecule is O=C(c1ccccc1Cl)N1CCN(c2cc(-n3cccn3)ncn2)CC1. The number of amides is 1. The Kier molecular flexibility index (Phi) is 4.53. The van der Waals surface area contributed by atoms with E-state index in [0.29, 0.717) is 36.8 Å². The average molecular weight is 369 g/mol. The van der Waals surface area contributed by atoms with Crippen LogP contribution in [0.15, 0.2) is 55.1 Å². The van der Waals surface area contributed by atoms with Gasteiger partial charge in [0.05, 0.1) is 10.6 Å². The van der Waals surface area contributed by atoms with Crippen molar-refractivity contribution in [1.82, 2.24) is 24.6 Å². The van der Waals surface area contributed by atoms with E-state index in [1.807, 2.05) is 35.4 Å². The van der Waals surface area contributed by atoms with Crippen LogP contribution in [0.5, 0.6) is 0 Å². The molecule has 1 aliphatic heterocycles. The molecule has 0 N–H and O–H groups in total. The van der Waals surface area contributed by atoms with Crippen LogP contribution in [0.1, 0.15) is 10.4 Å². The van der Waals surface area contributed by atoms with E-state index in [1.165, 1.54) is 6.33 Å². The number of anilines is 1. The van der Waals surface area contributed by atoms with Gasteiger partial charge in [-0.1, -0.05) is 23.7 Å². The highest BCUT2D eigenvalue weighted by Crippen LogP contribution is 2.20. The van der Waals surface area contributed by atoms with Crippen LogP contribution in [0.4, 0.5) is 5.82 Å². The second-order valence-corrected chi connectivity index (χ2v) is 6.35. The van der Waals surface area contributed by atoms with Crippen molar-refractivity contribution < 1.29 is 4.79 Å². The fourth-order valence-electron chi connectivity index (χ4n) is 2.98. The van der Waals surface area contributed by atoms with Gasteiger partial charge in [-0.2, -0.15) is 5.10 Å². The highest BCUT2D eigenvalue weighted by Gasteiger charge is 2.24. The minimum absolute atomic E-state index is 0.0323. The molecule has 1 fully saturated rings. The lowest BCUT2D eigenvalue weighted by molar-refractivity contribution is 0.0746. The summed E-state index contributed by atoms with van der Waals surface area (Å²) in [4.78, 5) is 25.2. The van der Waals surface area contributed by atoms with Gasteiger partial charge < -0.3 is 9.80 Å². The highest BCUT2D eigenvalue weighted by atomic mass is 35.5. The number of carbonyl (C=O) groups is 1. The Morgan fingerprint density at radius 3 is 2.50 bits per heavy atom. The third-order valence-electron chi connectivity index (χ3n) is 4.37. The summed E-state index contributed by atoms with van der Waals surface area (Å²) in [5.41, 5.74) is 0.547. The van der Waals surface area contributed by atoms with Crippen molar-refractivity contribution in [3.63, 3.8) is 0 Å². The van der Waals surface area contributed by atoms with Crippen LogP contribution >= 0.6 is 11.6 Å². The molecule has 3 heterocycles. The van der Waals surface area contributed by atoms with Crippen molar-refractivity contribution in [3.05, 3.63) is 65.7 Å². The molecule has 0 atom stereocenters. The van der Waals surface area contributed by atoms with Crippen molar-refractivity contribution in [1.29, 1.82) is 0 Å². The number of nitrogens with zero attached hydrogens (tertiary/aromatic N) is 6. The van der Waals surface area contributed by atoms with Crippen molar-refractivity contribution in [3.8, 4) is 5.82 Å². The molecule has 1 saturated heterocycles. The number of aromatic nitrogens is 4. The molecule has 1 aliphatic rings. The van der Waals surface area contributed by atoms with E-state index in [0.717, 1.165) is 11.6 Å². The van der Waals surface area contributed by atoms with Gasteiger partial charge in [0.15, 0.2) is 5.82 Å². The van der Waals surface area contributed by atoms with Crippen LogP contribution in [0, 0.1) is 0 Å². The summed E-state index contributed by atoms with van der Waals surface area (Å²) in [5.74, 6) is 1.51. The van der Waals surface area contributed by atoms with Gasteiger partial charge in [-0.3, -0.25) is 4.79 Å². The van der Waals surface area contributed by atoms with Crippen molar-refractivity contribution >= 4 is 23.3 Å². The highest BCUT2D eigenvalue weighted by molar-refractivity contribution is 6.33. The molecule has 1 aromatic carbocycles. The van der Waals surface area contributed by atoms with Crippen LogP contribution < -0.4 is 4.90 Å². The van der Waals surface area contributed by atoms with Gasteiger partial charge in [0.1, 0.15) is 12.1 Å². The molecule has 0 saturated carbocycles. The van der Waals surface area contributed by atoms with Gasteiger partial charge in [-0.15, -0.1) is 0 Å². The van der Waals surface area contributed by atoms with E-state index in [4.69, 9.17) is 11.6 Å². The maximum absolute atomic E-state index is 12.7. The summed E-state index contributed by atoms with van der Waals surface area (Å²) in [6.45, 7) is 2.63. The molecule has 0 aliphatic carbocycles. The Balaban J connectivity index is 1.45. The zero-order valence-electron chi connectivity index (χ0n) is 14.0. The second kappa shape index (κ2) is 7.13. The quantitative estimate of drug-likeness (QED) is 0.709. The predicted molar refractivity (Wildman–Crippen MR) is 98.7 cm³/mol. The molecular formula is C18H17ClN6O. The van der Waals surface area contributed by atoms with Gasteiger partial charge in [0.2, 0.25) is 0 Å². The van der Waals surface area contributed by atoms with E-state index in [-0.39, 0.29) is 5.91 Å². The van der Waals surface area contributed by atoms with Crippen LogP contribution in [0.2, 0.25) is 5.02 Å². The first-order chi connectivity index (χ1) is 12.7. The van der Waals surface area contributed by atoms with E-state index in [2.05, 4.69) is 20.0 Å². The fraction of sp³-hybridized carbons (Fsp3) is 0.222. The van der Waals surface area contributed by atoms with Crippen LogP contribution in [0.3, 0.4) is 0 Å². The summed E-state index contributed by atoms with van der Waals surface area (Å²) in [6.07, 6.45) is 5.08. The lowest BCUT2D eigenvalue weighted by Gasteiger charge is -2.35. The number of rotatable bonds is 3. The van der Waals surface area contributed by atoms with Crippen molar-refractivity contribution in [2.24, 2.45) is 0 Å². The summed E-state index contributed by atoms with van der Waals surface area (Å²) < 4.78 is 1.70. The minimum Gasteiger partial charge on any atom is -0.353 e. The Hall–Kier alpha value is -2.93. The minimum atomic E-state index is -0.0323. The fourth-order valence-corrected chi connectivity index (χ4v) is 3.20. The van der Waals surface area contributed by atoms with Crippen LogP contribution in [0.25, 0.3) is 5.82 Å². The third kappa shape index (κ3) is 3.25. The Morgan fingerprint density at radius 2 is 1.77 bits per heavy atom. The molecule has 7 nitrogen and oxygen atoms in total. The number of benzene rings is 1. The molecule has 2 aromatic heterocycles. The Labute approximate surface area is 155 Å². The average Bonchev–Trinajstić information content (AvgIpc) is 3.23. The lowest BCUT2D eigenvalue weighted by atomic mass is 10.2. The van der Waals surface area contributed by atoms with E-state index >= 15 is 0 Å². The van der Waals surface area contributed by atoms with E-state index in [1.54, 1.807) is 23.0 Å². The zero-order chi connectivity index (χ0) is 17.9. The Bertz CT molecular complexity index is 906. The standard InChI is InChI=1S/C18H17ClN6O/c19-15-5-2-1-4-14(15)18(26)24-10-8-23(9-11-24)16-12-17(21-13-20-16)25-7-3-6-22-25/h1-7,12-13H,8-11H2. The number of halogens is 1. The van der Waals surface area contributed by atoms with Gasteiger partial charge in [0.25, 0.3) is 5.91 Å². The van der Waals surface area contributed by atoms with Gasteiger partial charge in [-0.25, -0.2) is 14.6 Å². The number of hydrogen-bond acceptors (Lipinski definition) is 5. The normalized spacial score (nSPS) is 14.5. The first-order valence-corrected chi connectivity index (χ1v) is 8.71. The summed E-state index contributed by atoms with van der Waals surface area (Å²) >= 11 is 6.15. The molecule has 4 rings (SSSR count). The number of carbonyl (C=O) groups excluding carboxylic acids is 1. The van der Waals surface area contributed by atoms with Crippen molar-refractivity contribution in [2.45, 2.75) is 0 Å². The summed E-state index contributed by atoms with van der Waals surface area (Å²) in [6, 6.07) is 10.9. The first-order valence-electron chi connectivity index (χ1n) is 8.33. The first kappa shape index (κ1) is 16.5. The molecule has 1 amide bonds. The third-order valence-corrected chi connectivity index (χ3v) is 4.70. The molecule has 3 aromatic rings. The summed E-state index contributed by atoms with van der Waals surface area (Å²) in [7, 11) is 0. The molecule has 132 valence electrons. The molecule has 0 unspecified atom stereocenters. The lowest BCUT2D eigenvalue weighted by Crippen LogP contribution is -2.49. The monoisotopic (exact) mass is 368 g/mol. The molecule has 0 radical (unpaired) electrons. The predicted octanol–water partition coefficient (Wildman–Crippen LogP) is 2.28. The van der Waals surface area contributed by atoms with Crippen LogP contribution in [-0.4, -0.2) is 56.7 Å². The molecule has 0 spiro atoms. The van der Waals surface area contributed by atoms with Crippen LogP contribution in [-0.2, 0) is 0 Å². The number of piperazine rings is 1. The Morgan fingerprint density at radius 1 is 1.00 bits per heavy atom. The van der Waals surface area contributed by atoms with Crippen molar-refractivity contribution in [2.75, 3.05) is 31.1 Å². The van der Waals surface area contributed by atoms with Gasteiger partial charge >= 0.3 is 0 Å². The van der Waals surface area contributed by atoms with Gasteiger partial charge in [0, 0.05) is 44.6 Å². The smallest absolute Gasteiger partial charge is 0.255 e. The largest absolute Gasteiger partial charge is 0.353 e. The van der Waals surface area contributed by atoms with E-state index in [9.17, 15) is 4.79 Å². The van der Waals surface area contributed by atoms with E-state index < -0.39 is 0 Å².